The van der Waals surface area contributed by atoms with Gasteiger partial charge in [0, 0.05) is 17.6 Å². The third kappa shape index (κ3) is 3.22. The molecule has 0 fully saturated rings. The van der Waals surface area contributed by atoms with Gasteiger partial charge in [-0.1, -0.05) is 39.7 Å². The number of nitrogens with zero attached hydrogens (tertiary/aromatic N) is 2. The minimum Gasteiger partial charge on any atom is -0.324 e. The first-order valence-electron chi connectivity index (χ1n) is 5.76. The molecule has 0 aliphatic carbocycles. The zero-order chi connectivity index (χ0) is 14.9. The number of sulfonamides is 1. The van der Waals surface area contributed by atoms with Gasteiger partial charge in [-0.25, -0.2) is 18.1 Å². The number of imidazole rings is 1. The minimum atomic E-state index is -3.76. The SMILES string of the molecule is CC(NS(=O)(=O)c1ncn(C)c1Cl)c1cccc(Br)c1. The Morgan fingerprint density at radius 1 is 1.45 bits per heavy atom. The molecule has 2 rings (SSSR count). The van der Waals surface area contributed by atoms with Crippen LogP contribution in [0.2, 0.25) is 5.15 Å². The molecule has 5 nitrogen and oxygen atoms in total. The fourth-order valence-corrected chi connectivity index (χ4v) is 3.79. The molecule has 0 saturated carbocycles. The van der Waals surface area contributed by atoms with Gasteiger partial charge in [-0.2, -0.15) is 0 Å². The van der Waals surface area contributed by atoms with E-state index in [-0.39, 0.29) is 10.2 Å². The van der Waals surface area contributed by atoms with Crippen LogP contribution in [0.3, 0.4) is 0 Å². The second kappa shape index (κ2) is 5.85. The highest BCUT2D eigenvalue weighted by Gasteiger charge is 2.24. The van der Waals surface area contributed by atoms with Crippen molar-refractivity contribution in [1.29, 1.82) is 0 Å². The number of aryl methyl sites for hydroxylation is 1. The van der Waals surface area contributed by atoms with E-state index in [2.05, 4.69) is 25.6 Å². The Morgan fingerprint density at radius 2 is 2.15 bits per heavy atom. The van der Waals surface area contributed by atoms with Crippen LogP contribution < -0.4 is 4.72 Å². The topological polar surface area (TPSA) is 64.0 Å². The number of hydrogen-bond acceptors (Lipinski definition) is 3. The summed E-state index contributed by atoms with van der Waals surface area (Å²) >= 11 is 9.28. The fourth-order valence-electron chi connectivity index (χ4n) is 1.71. The highest BCUT2D eigenvalue weighted by atomic mass is 79.9. The summed E-state index contributed by atoms with van der Waals surface area (Å²) in [7, 11) is -2.13. The Hall–Kier alpha value is -0.890. The number of nitrogens with one attached hydrogen (secondary N) is 1. The average molecular weight is 379 g/mol. The molecule has 0 aliphatic heterocycles. The summed E-state index contributed by atoms with van der Waals surface area (Å²) in [5.41, 5.74) is 0.843. The molecular formula is C12H13BrClN3O2S. The highest BCUT2D eigenvalue weighted by Crippen LogP contribution is 2.23. The normalized spacial score (nSPS) is 13.4. The summed E-state index contributed by atoms with van der Waals surface area (Å²) in [6, 6.07) is 7.03. The molecule has 1 atom stereocenters. The van der Waals surface area contributed by atoms with Gasteiger partial charge in [0.2, 0.25) is 5.03 Å². The lowest BCUT2D eigenvalue weighted by atomic mass is 10.1. The number of halogens is 2. The third-order valence-electron chi connectivity index (χ3n) is 2.77. The van der Waals surface area contributed by atoms with Crippen molar-refractivity contribution in [3.63, 3.8) is 0 Å². The summed E-state index contributed by atoms with van der Waals surface area (Å²) < 4.78 is 29.4. The van der Waals surface area contributed by atoms with Crippen LogP contribution in [-0.4, -0.2) is 18.0 Å². The lowest BCUT2D eigenvalue weighted by Gasteiger charge is -2.14. The molecule has 0 amide bonds. The van der Waals surface area contributed by atoms with E-state index >= 15 is 0 Å². The van der Waals surface area contributed by atoms with Crippen LogP contribution >= 0.6 is 27.5 Å². The Morgan fingerprint density at radius 3 is 2.70 bits per heavy atom. The molecular weight excluding hydrogens is 366 g/mol. The van der Waals surface area contributed by atoms with E-state index in [9.17, 15) is 8.42 Å². The van der Waals surface area contributed by atoms with Gasteiger partial charge in [0.05, 0.1) is 6.33 Å². The number of aromatic nitrogens is 2. The Bertz CT molecular complexity index is 730. The van der Waals surface area contributed by atoms with Gasteiger partial charge in [-0.05, 0) is 24.6 Å². The molecule has 0 spiro atoms. The van der Waals surface area contributed by atoms with E-state index in [0.717, 1.165) is 10.0 Å². The van der Waals surface area contributed by atoms with Gasteiger partial charge in [0.1, 0.15) is 5.15 Å². The van der Waals surface area contributed by atoms with E-state index < -0.39 is 16.1 Å². The van der Waals surface area contributed by atoms with Crippen molar-refractivity contribution in [3.8, 4) is 0 Å². The zero-order valence-corrected chi connectivity index (χ0v) is 14.0. The van der Waals surface area contributed by atoms with Gasteiger partial charge < -0.3 is 4.57 Å². The first kappa shape index (κ1) is 15.5. The van der Waals surface area contributed by atoms with Crippen molar-refractivity contribution >= 4 is 37.6 Å². The van der Waals surface area contributed by atoms with E-state index in [0.29, 0.717) is 0 Å². The lowest BCUT2D eigenvalue weighted by molar-refractivity contribution is 0.563. The Balaban J connectivity index is 2.27. The monoisotopic (exact) mass is 377 g/mol. The van der Waals surface area contributed by atoms with Crippen molar-refractivity contribution in [2.24, 2.45) is 7.05 Å². The molecule has 1 unspecified atom stereocenters. The van der Waals surface area contributed by atoms with Gasteiger partial charge in [-0.15, -0.1) is 0 Å². The molecule has 1 heterocycles. The summed E-state index contributed by atoms with van der Waals surface area (Å²) in [6.07, 6.45) is 1.36. The van der Waals surface area contributed by atoms with Crippen molar-refractivity contribution in [1.82, 2.24) is 14.3 Å². The van der Waals surface area contributed by atoms with Gasteiger partial charge in [-0.3, -0.25) is 0 Å². The zero-order valence-electron chi connectivity index (χ0n) is 10.8. The van der Waals surface area contributed by atoms with Crippen LogP contribution in [0.15, 0.2) is 40.1 Å². The molecule has 0 radical (unpaired) electrons. The van der Waals surface area contributed by atoms with Gasteiger partial charge in [0.25, 0.3) is 10.0 Å². The molecule has 2 aromatic rings. The molecule has 1 aromatic heterocycles. The quantitative estimate of drug-likeness (QED) is 0.890. The number of benzene rings is 1. The van der Waals surface area contributed by atoms with Gasteiger partial charge >= 0.3 is 0 Å². The second-order valence-corrected chi connectivity index (χ2v) is 7.25. The maximum absolute atomic E-state index is 12.3. The Labute approximate surface area is 131 Å². The molecule has 108 valence electrons. The highest BCUT2D eigenvalue weighted by molar-refractivity contribution is 9.10. The maximum Gasteiger partial charge on any atom is 0.261 e. The van der Waals surface area contributed by atoms with Crippen LogP contribution in [0, 0.1) is 0 Å². The first-order valence-corrected chi connectivity index (χ1v) is 8.41. The molecule has 0 saturated heterocycles. The summed E-state index contributed by atoms with van der Waals surface area (Å²) in [5.74, 6) is 0. The minimum absolute atomic E-state index is 0.0824. The van der Waals surface area contributed by atoms with Crippen molar-refractivity contribution in [3.05, 3.63) is 45.8 Å². The fraction of sp³-hybridized carbons (Fsp3) is 0.250. The Kier molecular flexibility index (Phi) is 4.53. The standard InChI is InChI=1S/C12H13BrClN3O2S/c1-8(9-4-3-5-10(13)6-9)16-20(18,19)12-11(14)17(2)7-15-12/h3-8,16H,1-2H3. The van der Waals surface area contributed by atoms with E-state index in [1.165, 1.54) is 10.9 Å². The largest absolute Gasteiger partial charge is 0.324 e. The van der Waals surface area contributed by atoms with Crippen LogP contribution in [0.5, 0.6) is 0 Å². The molecule has 0 aliphatic rings. The first-order chi connectivity index (χ1) is 9.31. The summed E-state index contributed by atoms with van der Waals surface area (Å²) in [5, 5.41) is -0.0811. The van der Waals surface area contributed by atoms with E-state index in [1.807, 2.05) is 24.3 Å². The summed E-state index contributed by atoms with van der Waals surface area (Å²) in [4.78, 5) is 3.82. The van der Waals surface area contributed by atoms with Gasteiger partial charge in [0.15, 0.2) is 0 Å². The van der Waals surface area contributed by atoms with Crippen LogP contribution in [0.25, 0.3) is 0 Å². The molecule has 8 heteroatoms. The second-order valence-electron chi connectivity index (χ2n) is 4.35. The number of hydrogen-bond donors (Lipinski definition) is 1. The van der Waals surface area contributed by atoms with Crippen molar-refractivity contribution in [2.75, 3.05) is 0 Å². The van der Waals surface area contributed by atoms with Crippen LogP contribution in [-0.2, 0) is 17.1 Å². The van der Waals surface area contributed by atoms with E-state index in [1.54, 1.807) is 14.0 Å². The predicted octanol–water partition coefficient (Wildman–Crippen LogP) is 2.88. The average Bonchev–Trinajstić information content (AvgIpc) is 2.70. The lowest BCUT2D eigenvalue weighted by Crippen LogP contribution is -2.27. The van der Waals surface area contributed by atoms with Crippen molar-refractivity contribution in [2.45, 2.75) is 18.0 Å². The van der Waals surface area contributed by atoms with E-state index in [4.69, 9.17) is 11.6 Å². The predicted molar refractivity (Wildman–Crippen MR) is 81.1 cm³/mol. The maximum atomic E-state index is 12.3. The van der Waals surface area contributed by atoms with Crippen LogP contribution in [0.1, 0.15) is 18.5 Å². The molecule has 1 aromatic carbocycles. The number of rotatable bonds is 4. The van der Waals surface area contributed by atoms with Crippen LogP contribution in [0.4, 0.5) is 0 Å². The molecule has 0 bridgehead atoms. The smallest absolute Gasteiger partial charge is 0.261 e. The summed E-state index contributed by atoms with van der Waals surface area (Å²) in [6.45, 7) is 1.76. The molecule has 1 N–H and O–H groups in total. The molecule has 20 heavy (non-hydrogen) atoms. The third-order valence-corrected chi connectivity index (χ3v) is 5.29. The van der Waals surface area contributed by atoms with Crippen molar-refractivity contribution < 1.29 is 8.42 Å².